The fourth-order valence-electron chi connectivity index (χ4n) is 1.42. The van der Waals surface area contributed by atoms with E-state index in [1.165, 1.54) is 12.1 Å². The molecule has 1 aromatic carbocycles. The number of halogens is 3. The van der Waals surface area contributed by atoms with Crippen molar-refractivity contribution in [1.82, 2.24) is 0 Å². The van der Waals surface area contributed by atoms with E-state index in [1.807, 2.05) is 20.8 Å². The molecule has 0 heterocycles. The van der Waals surface area contributed by atoms with Gasteiger partial charge in [-0.1, -0.05) is 32.9 Å². The second kappa shape index (κ2) is 5.63. The summed E-state index contributed by atoms with van der Waals surface area (Å²) in [5.41, 5.74) is 0.794. The molecule has 0 aliphatic rings. The zero-order valence-corrected chi connectivity index (χ0v) is 12.3. The van der Waals surface area contributed by atoms with Gasteiger partial charge in [0.2, 0.25) is 0 Å². The molecule has 1 rings (SSSR count). The lowest BCUT2D eigenvalue weighted by Crippen LogP contribution is -2.34. The van der Waals surface area contributed by atoms with E-state index in [-0.39, 0.29) is 11.2 Å². The van der Waals surface area contributed by atoms with E-state index >= 15 is 0 Å². The van der Waals surface area contributed by atoms with Crippen LogP contribution in [0.2, 0.25) is 0 Å². The second-order valence-electron chi connectivity index (χ2n) is 5.07. The zero-order chi connectivity index (χ0) is 15.6. The molecule has 1 aromatic rings. The fourth-order valence-corrected chi connectivity index (χ4v) is 2.04. The maximum absolute atomic E-state index is 12.9. The maximum atomic E-state index is 12.9. The number of alkyl halides is 3. The summed E-state index contributed by atoms with van der Waals surface area (Å²) < 4.78 is 64.3. The average Bonchev–Trinajstić information content (AvgIpc) is 2.38. The average molecular weight is 310 g/mol. The molecule has 0 spiro atoms. The molecule has 0 N–H and O–H groups in total. The highest BCUT2D eigenvalue weighted by Gasteiger charge is 2.47. The summed E-state index contributed by atoms with van der Waals surface area (Å²) in [5.74, 6) is -0.270. The summed E-state index contributed by atoms with van der Waals surface area (Å²) in [6.45, 7) is 3.67. The van der Waals surface area contributed by atoms with Gasteiger partial charge in [-0.15, -0.1) is 0 Å². The molecule has 0 bridgehead atoms. The van der Waals surface area contributed by atoms with Crippen LogP contribution < -0.4 is 4.18 Å². The number of benzene rings is 1. The predicted octanol–water partition coefficient (Wildman–Crippen LogP) is 3.65. The Morgan fingerprint density at radius 2 is 1.65 bits per heavy atom. The zero-order valence-electron chi connectivity index (χ0n) is 11.5. The second-order valence-corrected chi connectivity index (χ2v) is 6.74. The van der Waals surface area contributed by atoms with Gasteiger partial charge in [0.1, 0.15) is 5.75 Å². The van der Waals surface area contributed by atoms with Gasteiger partial charge < -0.3 is 4.18 Å². The van der Waals surface area contributed by atoms with Gasteiger partial charge in [-0.3, -0.25) is 0 Å². The van der Waals surface area contributed by atoms with Crippen LogP contribution in [-0.4, -0.2) is 20.3 Å². The molecule has 0 fully saturated rings. The van der Waals surface area contributed by atoms with Gasteiger partial charge in [-0.2, -0.15) is 17.2 Å². The molecule has 3 nitrogen and oxygen atoms in total. The van der Waals surface area contributed by atoms with Crippen molar-refractivity contribution in [1.29, 1.82) is 0 Å². The molecule has 0 radical (unpaired) electrons. The van der Waals surface area contributed by atoms with Gasteiger partial charge in [-0.25, -0.2) is 4.39 Å². The molecule has 114 valence electrons. The van der Waals surface area contributed by atoms with Crippen LogP contribution in [0.3, 0.4) is 0 Å². The first-order chi connectivity index (χ1) is 9.05. The Morgan fingerprint density at radius 3 is 2.05 bits per heavy atom. The van der Waals surface area contributed by atoms with E-state index in [9.17, 15) is 21.6 Å². The molecule has 0 atom stereocenters. The molecule has 0 amide bonds. The van der Waals surface area contributed by atoms with Crippen molar-refractivity contribution < 1.29 is 25.8 Å². The summed E-state index contributed by atoms with van der Waals surface area (Å²) in [6, 6.07) is 5.75. The molecule has 0 unspecified atom stereocenters. The third-order valence-electron chi connectivity index (χ3n) is 3.25. The van der Waals surface area contributed by atoms with Crippen LogP contribution in [0.4, 0.5) is 13.2 Å². The van der Waals surface area contributed by atoms with Gasteiger partial charge in [0.15, 0.2) is 6.67 Å². The van der Waals surface area contributed by atoms with E-state index in [0.717, 1.165) is 12.0 Å². The molecule has 0 saturated carbocycles. The lowest BCUT2D eigenvalue weighted by Gasteiger charge is -2.23. The minimum Gasteiger partial charge on any atom is -0.378 e. The molecular formula is C13H17F3O3S. The molecule has 0 saturated heterocycles. The largest absolute Gasteiger partial charge is 0.407 e. The first kappa shape index (κ1) is 16.8. The van der Waals surface area contributed by atoms with E-state index in [0.29, 0.717) is 0 Å². The van der Waals surface area contributed by atoms with E-state index in [2.05, 4.69) is 4.18 Å². The lowest BCUT2D eigenvalue weighted by atomic mass is 9.82. The van der Waals surface area contributed by atoms with Crippen molar-refractivity contribution in [2.45, 2.75) is 37.9 Å². The normalized spacial score (nSPS) is 13.3. The van der Waals surface area contributed by atoms with E-state index in [1.54, 1.807) is 12.1 Å². The van der Waals surface area contributed by atoms with Gasteiger partial charge in [0.25, 0.3) is 0 Å². The van der Waals surface area contributed by atoms with Crippen molar-refractivity contribution >= 4 is 10.1 Å². The first-order valence-corrected chi connectivity index (χ1v) is 7.45. The number of hydrogen-bond donors (Lipinski definition) is 0. The topological polar surface area (TPSA) is 43.4 Å². The number of hydrogen-bond acceptors (Lipinski definition) is 3. The quantitative estimate of drug-likeness (QED) is 0.753. The Kier molecular flexibility index (Phi) is 4.74. The lowest BCUT2D eigenvalue weighted by molar-refractivity contribution is 0.0538. The Hall–Kier alpha value is -1.24. The predicted molar refractivity (Wildman–Crippen MR) is 70.2 cm³/mol. The molecule has 20 heavy (non-hydrogen) atoms. The molecule has 7 heteroatoms. The van der Waals surface area contributed by atoms with Gasteiger partial charge in [0.05, 0.1) is 0 Å². The molecular weight excluding hydrogens is 293 g/mol. The first-order valence-electron chi connectivity index (χ1n) is 6.04. The summed E-state index contributed by atoms with van der Waals surface area (Å²) in [6.07, 6.45) is 0.853. The molecule has 0 aliphatic carbocycles. The van der Waals surface area contributed by atoms with Crippen molar-refractivity contribution in [3.8, 4) is 5.75 Å². The highest BCUT2D eigenvalue weighted by atomic mass is 32.2. The maximum Gasteiger partial charge on any atom is 0.407 e. The van der Waals surface area contributed by atoms with Crippen LogP contribution >= 0.6 is 0 Å². The molecule has 0 aliphatic heterocycles. The van der Waals surface area contributed by atoms with Crippen molar-refractivity contribution in [2.75, 3.05) is 6.67 Å². The molecule has 0 aromatic heterocycles. The standard InChI is InChI=1S/C13H17F3O3S/c1-4-12(2,3)10-5-7-11(8-6-10)19-20(17,18)13(15,16)9-14/h5-8H,4,9H2,1-3H3. The highest BCUT2D eigenvalue weighted by Crippen LogP contribution is 2.30. The smallest absolute Gasteiger partial charge is 0.378 e. The van der Waals surface area contributed by atoms with Crippen LogP contribution in [0, 0.1) is 0 Å². The third-order valence-corrected chi connectivity index (χ3v) is 4.50. The minimum absolute atomic E-state index is 0.125. The Labute approximate surface area is 116 Å². The van der Waals surface area contributed by atoms with Gasteiger partial charge in [0, 0.05) is 0 Å². The Balaban J connectivity index is 2.97. The fraction of sp³-hybridized carbons (Fsp3) is 0.538. The van der Waals surface area contributed by atoms with E-state index < -0.39 is 22.0 Å². The number of rotatable bonds is 6. The van der Waals surface area contributed by atoms with Crippen molar-refractivity contribution in [2.24, 2.45) is 0 Å². The Bertz CT molecular complexity index is 551. The van der Waals surface area contributed by atoms with Gasteiger partial charge in [-0.05, 0) is 29.5 Å². The van der Waals surface area contributed by atoms with Crippen molar-refractivity contribution in [3.05, 3.63) is 29.8 Å². The monoisotopic (exact) mass is 310 g/mol. The minimum atomic E-state index is -5.33. The van der Waals surface area contributed by atoms with Crippen LogP contribution in [-0.2, 0) is 15.5 Å². The van der Waals surface area contributed by atoms with Crippen LogP contribution in [0.5, 0.6) is 5.75 Å². The van der Waals surface area contributed by atoms with E-state index in [4.69, 9.17) is 0 Å². The summed E-state index contributed by atoms with van der Waals surface area (Å²) >= 11 is 0. The highest BCUT2D eigenvalue weighted by molar-refractivity contribution is 7.88. The Morgan fingerprint density at radius 1 is 1.15 bits per heavy atom. The van der Waals surface area contributed by atoms with Gasteiger partial charge >= 0.3 is 15.4 Å². The van der Waals surface area contributed by atoms with Crippen LogP contribution in [0.15, 0.2) is 24.3 Å². The van der Waals surface area contributed by atoms with Crippen LogP contribution in [0.25, 0.3) is 0 Å². The summed E-state index contributed by atoms with van der Waals surface area (Å²) in [4.78, 5) is 0. The summed E-state index contributed by atoms with van der Waals surface area (Å²) in [5, 5.41) is -4.55. The third kappa shape index (κ3) is 3.45. The SMILES string of the molecule is CCC(C)(C)c1ccc(OS(=O)(=O)C(F)(F)CF)cc1. The summed E-state index contributed by atoms with van der Waals surface area (Å²) in [7, 11) is -5.33. The van der Waals surface area contributed by atoms with Crippen LogP contribution in [0.1, 0.15) is 32.8 Å². The van der Waals surface area contributed by atoms with Crippen molar-refractivity contribution in [3.63, 3.8) is 0 Å².